The van der Waals surface area contributed by atoms with Gasteiger partial charge in [0, 0.05) is 0 Å². The summed E-state index contributed by atoms with van der Waals surface area (Å²) in [5.74, 6) is -0.506. The van der Waals surface area contributed by atoms with Gasteiger partial charge in [0.05, 0.1) is 18.8 Å². The molecule has 3 unspecified atom stereocenters. The summed E-state index contributed by atoms with van der Waals surface area (Å²) in [5.41, 5.74) is 0. The molecule has 0 heterocycles. The zero-order valence-electron chi connectivity index (χ0n) is 42.7. The third-order valence-electron chi connectivity index (χ3n) is 13.5. The van der Waals surface area contributed by atoms with Crippen molar-refractivity contribution in [3.8, 4) is 0 Å². The predicted octanol–water partition coefficient (Wildman–Crippen LogP) is 17.7. The van der Waals surface area contributed by atoms with Crippen molar-refractivity contribution < 1.29 is 20.1 Å². The predicted molar refractivity (Wildman–Crippen MR) is 278 cm³/mol. The number of rotatable bonds is 53. The Morgan fingerprint density at radius 1 is 0.381 bits per heavy atom. The second-order valence-electron chi connectivity index (χ2n) is 19.9. The number of hydrogen-bond donors (Lipinski definition) is 4. The number of unbranched alkanes of at least 4 members (excludes halogenated alkanes) is 43. The minimum absolute atomic E-state index is 0.372. The number of carbonyl (C=O) groups excluding carboxylic acids is 1. The summed E-state index contributed by atoms with van der Waals surface area (Å²) < 4.78 is 0. The quantitative estimate of drug-likeness (QED) is 0.0362. The zero-order chi connectivity index (χ0) is 45.8. The van der Waals surface area contributed by atoms with Crippen LogP contribution in [0.4, 0.5) is 0 Å². The van der Waals surface area contributed by atoms with Gasteiger partial charge in [-0.25, -0.2) is 0 Å². The lowest BCUT2D eigenvalue weighted by atomic mass is 10.0. The van der Waals surface area contributed by atoms with Crippen molar-refractivity contribution in [2.24, 2.45) is 0 Å². The molecule has 3 atom stereocenters. The van der Waals surface area contributed by atoms with E-state index < -0.39 is 24.2 Å². The van der Waals surface area contributed by atoms with E-state index in [2.05, 4.69) is 31.3 Å². The fourth-order valence-corrected chi connectivity index (χ4v) is 9.09. The maximum Gasteiger partial charge on any atom is 0.249 e. The maximum absolute atomic E-state index is 12.5. The van der Waals surface area contributed by atoms with Crippen LogP contribution in [-0.4, -0.2) is 46.1 Å². The molecule has 0 rings (SSSR count). The largest absolute Gasteiger partial charge is 0.394 e. The van der Waals surface area contributed by atoms with E-state index in [1.165, 1.54) is 257 Å². The SMILES string of the molecule is CCCCCCCCCCCCCCCCC/C=C/CC/C=C/C(O)C(CO)NC(=O)C(O)CCCCCCCCCCCCCCCCCCCCCCCCCCCCCC. The Morgan fingerprint density at radius 2 is 0.651 bits per heavy atom. The van der Waals surface area contributed by atoms with E-state index >= 15 is 0 Å². The van der Waals surface area contributed by atoms with Gasteiger partial charge >= 0.3 is 0 Å². The summed E-state index contributed by atoms with van der Waals surface area (Å²) in [6, 6.07) is -0.812. The second-order valence-corrected chi connectivity index (χ2v) is 19.9. The normalized spacial score (nSPS) is 13.4. The van der Waals surface area contributed by atoms with Crippen LogP contribution >= 0.6 is 0 Å². The summed E-state index contributed by atoms with van der Waals surface area (Å²) >= 11 is 0. The summed E-state index contributed by atoms with van der Waals surface area (Å²) in [6.07, 6.45) is 68.4. The van der Waals surface area contributed by atoms with Crippen LogP contribution in [0.2, 0.25) is 0 Å². The minimum atomic E-state index is -1.10. The molecule has 0 aromatic rings. The van der Waals surface area contributed by atoms with Crippen LogP contribution in [-0.2, 0) is 4.79 Å². The Kier molecular flexibility index (Phi) is 52.5. The molecule has 0 aromatic heterocycles. The summed E-state index contributed by atoms with van der Waals surface area (Å²) in [4.78, 5) is 12.5. The first-order chi connectivity index (χ1) is 31.1. The van der Waals surface area contributed by atoms with Crippen molar-refractivity contribution in [3.05, 3.63) is 24.3 Å². The van der Waals surface area contributed by atoms with Crippen LogP contribution in [0.25, 0.3) is 0 Å². The molecule has 5 nitrogen and oxygen atoms in total. The molecule has 1 amide bonds. The molecule has 0 aliphatic heterocycles. The van der Waals surface area contributed by atoms with Gasteiger partial charge in [-0.2, -0.15) is 0 Å². The average molecular weight is 889 g/mol. The Labute approximate surface area is 394 Å². The van der Waals surface area contributed by atoms with Crippen LogP contribution in [0.3, 0.4) is 0 Å². The molecular formula is C58H113NO4. The summed E-state index contributed by atoms with van der Waals surface area (Å²) in [7, 11) is 0. The highest BCUT2D eigenvalue weighted by atomic mass is 16.3. The Balaban J connectivity index is 3.56. The molecule has 0 saturated heterocycles. The first-order valence-electron chi connectivity index (χ1n) is 28.7. The van der Waals surface area contributed by atoms with Crippen LogP contribution in [0.15, 0.2) is 24.3 Å². The molecule has 0 aromatic carbocycles. The van der Waals surface area contributed by atoms with E-state index in [0.29, 0.717) is 6.42 Å². The highest BCUT2D eigenvalue weighted by Gasteiger charge is 2.22. The maximum atomic E-state index is 12.5. The van der Waals surface area contributed by atoms with Gasteiger partial charge in [-0.15, -0.1) is 0 Å². The zero-order valence-corrected chi connectivity index (χ0v) is 42.7. The Hall–Kier alpha value is -1.17. The third kappa shape index (κ3) is 48.6. The monoisotopic (exact) mass is 888 g/mol. The van der Waals surface area contributed by atoms with Gasteiger partial charge in [0.1, 0.15) is 6.10 Å². The van der Waals surface area contributed by atoms with E-state index in [9.17, 15) is 20.1 Å². The smallest absolute Gasteiger partial charge is 0.249 e. The molecule has 63 heavy (non-hydrogen) atoms. The van der Waals surface area contributed by atoms with E-state index in [4.69, 9.17) is 0 Å². The minimum Gasteiger partial charge on any atom is -0.394 e. The molecule has 4 N–H and O–H groups in total. The van der Waals surface area contributed by atoms with Gasteiger partial charge in [-0.05, 0) is 32.1 Å². The highest BCUT2D eigenvalue weighted by Crippen LogP contribution is 2.18. The lowest BCUT2D eigenvalue weighted by molar-refractivity contribution is -0.131. The number of hydrogen-bond acceptors (Lipinski definition) is 4. The molecule has 0 radical (unpaired) electrons. The van der Waals surface area contributed by atoms with Crippen LogP contribution in [0.1, 0.15) is 316 Å². The molecule has 374 valence electrons. The van der Waals surface area contributed by atoms with Gasteiger partial charge in [-0.1, -0.05) is 308 Å². The van der Waals surface area contributed by atoms with Gasteiger partial charge in [0.25, 0.3) is 0 Å². The summed E-state index contributed by atoms with van der Waals surface area (Å²) in [6.45, 7) is 4.21. The number of allylic oxidation sites excluding steroid dienone is 3. The number of aliphatic hydroxyl groups is 3. The number of aliphatic hydroxyl groups excluding tert-OH is 3. The van der Waals surface area contributed by atoms with Crippen molar-refractivity contribution in [2.45, 2.75) is 334 Å². The van der Waals surface area contributed by atoms with Crippen molar-refractivity contribution in [2.75, 3.05) is 6.61 Å². The lowest BCUT2D eigenvalue weighted by Gasteiger charge is -2.21. The number of amides is 1. The first kappa shape index (κ1) is 61.8. The van der Waals surface area contributed by atoms with Gasteiger partial charge < -0.3 is 20.6 Å². The molecule has 0 spiro atoms. The van der Waals surface area contributed by atoms with E-state index in [1.54, 1.807) is 6.08 Å². The number of nitrogens with one attached hydrogen (secondary N) is 1. The fourth-order valence-electron chi connectivity index (χ4n) is 9.09. The van der Waals surface area contributed by atoms with Crippen molar-refractivity contribution in [1.82, 2.24) is 5.32 Å². The standard InChI is InChI=1S/C58H113NO4/c1-3-5-7-9-11-13-15-17-19-21-23-25-26-27-28-29-30-31-33-35-37-39-41-43-45-47-49-51-53-57(62)58(63)59-55(54-60)56(61)52-50-48-46-44-42-40-38-36-34-32-24-22-20-18-16-14-12-10-8-6-4-2/h42,44,50,52,55-57,60-62H,3-41,43,45-49,51,53-54H2,1-2H3,(H,59,63)/b44-42+,52-50+. The highest BCUT2D eigenvalue weighted by molar-refractivity contribution is 5.80. The van der Waals surface area contributed by atoms with E-state index in [0.717, 1.165) is 38.5 Å². The van der Waals surface area contributed by atoms with Crippen LogP contribution < -0.4 is 5.32 Å². The fraction of sp³-hybridized carbons (Fsp3) is 0.914. The van der Waals surface area contributed by atoms with Gasteiger partial charge in [0.2, 0.25) is 5.91 Å². The molecular weight excluding hydrogens is 775 g/mol. The first-order valence-corrected chi connectivity index (χ1v) is 28.7. The van der Waals surface area contributed by atoms with Crippen molar-refractivity contribution in [1.29, 1.82) is 0 Å². The molecule has 0 aliphatic rings. The third-order valence-corrected chi connectivity index (χ3v) is 13.5. The summed E-state index contributed by atoms with van der Waals surface area (Å²) in [5, 5.41) is 33.3. The van der Waals surface area contributed by atoms with Crippen LogP contribution in [0, 0.1) is 0 Å². The Bertz CT molecular complexity index is 936. The molecule has 0 aliphatic carbocycles. The van der Waals surface area contributed by atoms with E-state index in [1.807, 2.05) is 6.08 Å². The second kappa shape index (κ2) is 53.4. The van der Waals surface area contributed by atoms with Crippen molar-refractivity contribution in [3.63, 3.8) is 0 Å². The number of carbonyl (C=O) groups is 1. The molecule has 0 fully saturated rings. The molecule has 0 bridgehead atoms. The molecule has 5 heteroatoms. The Morgan fingerprint density at radius 3 is 0.968 bits per heavy atom. The average Bonchev–Trinajstić information content (AvgIpc) is 3.29. The van der Waals surface area contributed by atoms with Gasteiger partial charge in [0.15, 0.2) is 0 Å². The molecule has 0 saturated carbocycles. The van der Waals surface area contributed by atoms with Crippen molar-refractivity contribution >= 4 is 5.91 Å². The van der Waals surface area contributed by atoms with E-state index in [-0.39, 0.29) is 6.61 Å². The lowest BCUT2D eigenvalue weighted by Crippen LogP contribution is -2.48. The topological polar surface area (TPSA) is 89.8 Å². The van der Waals surface area contributed by atoms with Gasteiger partial charge in [-0.3, -0.25) is 4.79 Å². The van der Waals surface area contributed by atoms with Crippen LogP contribution in [0.5, 0.6) is 0 Å².